The van der Waals surface area contributed by atoms with E-state index in [0.717, 1.165) is 51.1 Å². The fraction of sp³-hybridized carbons (Fsp3) is 0.700. The van der Waals surface area contributed by atoms with Gasteiger partial charge in [0.2, 0.25) is 5.91 Å². The Morgan fingerprint density at radius 3 is 2.32 bits per heavy atom. The minimum atomic E-state index is 0.240. The van der Waals surface area contributed by atoms with Crippen molar-refractivity contribution in [2.75, 3.05) is 63.8 Å². The number of aromatic nitrogens is 1. The molecular weight excluding hydrogens is 397 g/mol. The molecular formula is C20H29Cl2N5O. The number of nitrogens with zero attached hydrogens (tertiary/aromatic N) is 5. The predicted molar refractivity (Wildman–Crippen MR) is 113 cm³/mol. The SMILES string of the molecule is O=C(CN1CCN(C2CCCC2)CC1)N1CCN(c2ncc(Cl)cc2Cl)CC1. The van der Waals surface area contributed by atoms with Gasteiger partial charge < -0.3 is 9.80 Å². The molecule has 8 heteroatoms. The molecule has 0 unspecified atom stereocenters. The van der Waals surface area contributed by atoms with Crippen LogP contribution in [0.4, 0.5) is 5.82 Å². The van der Waals surface area contributed by atoms with Crippen molar-refractivity contribution in [3.8, 4) is 0 Å². The van der Waals surface area contributed by atoms with Gasteiger partial charge in [0.15, 0.2) is 0 Å². The minimum absolute atomic E-state index is 0.240. The van der Waals surface area contributed by atoms with E-state index in [1.165, 1.54) is 25.7 Å². The molecule has 2 saturated heterocycles. The van der Waals surface area contributed by atoms with E-state index in [9.17, 15) is 4.79 Å². The molecule has 6 nitrogen and oxygen atoms in total. The van der Waals surface area contributed by atoms with Gasteiger partial charge >= 0.3 is 0 Å². The number of carbonyl (C=O) groups is 1. The second kappa shape index (κ2) is 9.16. The largest absolute Gasteiger partial charge is 0.352 e. The van der Waals surface area contributed by atoms with E-state index in [2.05, 4.69) is 19.7 Å². The Bertz CT molecular complexity index is 681. The highest BCUT2D eigenvalue weighted by molar-refractivity contribution is 6.36. The zero-order valence-corrected chi connectivity index (χ0v) is 17.8. The van der Waals surface area contributed by atoms with Gasteiger partial charge in [0.05, 0.1) is 16.6 Å². The van der Waals surface area contributed by atoms with Gasteiger partial charge in [-0.25, -0.2) is 4.98 Å². The molecule has 1 amide bonds. The summed E-state index contributed by atoms with van der Waals surface area (Å²) in [7, 11) is 0. The molecule has 0 N–H and O–H groups in total. The zero-order valence-electron chi connectivity index (χ0n) is 16.3. The summed E-state index contributed by atoms with van der Waals surface area (Å²) in [6.45, 7) is 7.67. The first-order valence-electron chi connectivity index (χ1n) is 10.4. The molecule has 0 aromatic carbocycles. The van der Waals surface area contributed by atoms with Crippen LogP contribution < -0.4 is 4.90 Å². The van der Waals surface area contributed by atoms with Crippen molar-refractivity contribution in [2.24, 2.45) is 0 Å². The highest BCUT2D eigenvalue weighted by Crippen LogP contribution is 2.27. The van der Waals surface area contributed by atoms with E-state index in [1.807, 2.05) is 4.90 Å². The van der Waals surface area contributed by atoms with E-state index < -0.39 is 0 Å². The van der Waals surface area contributed by atoms with Gasteiger partial charge in [0.25, 0.3) is 0 Å². The fourth-order valence-electron chi connectivity index (χ4n) is 4.66. The Balaban J connectivity index is 1.22. The van der Waals surface area contributed by atoms with Gasteiger partial charge in [0, 0.05) is 64.6 Å². The highest BCUT2D eigenvalue weighted by Gasteiger charge is 2.28. The third-order valence-electron chi connectivity index (χ3n) is 6.33. The van der Waals surface area contributed by atoms with Crippen LogP contribution in [0.15, 0.2) is 12.3 Å². The molecule has 0 spiro atoms. The highest BCUT2D eigenvalue weighted by atomic mass is 35.5. The summed E-state index contributed by atoms with van der Waals surface area (Å²) in [5.41, 5.74) is 0. The average molecular weight is 426 g/mol. The standard InChI is InChI=1S/C20H29Cl2N5O/c21-16-13-18(22)20(23-14-16)27-11-9-26(10-12-27)19(28)15-24-5-7-25(8-6-24)17-3-1-2-4-17/h13-14,17H,1-12,15H2. The second-order valence-corrected chi connectivity index (χ2v) is 8.92. The molecule has 2 aliphatic heterocycles. The molecule has 3 fully saturated rings. The molecule has 0 radical (unpaired) electrons. The first-order chi connectivity index (χ1) is 13.6. The van der Waals surface area contributed by atoms with Crippen LogP contribution in [0, 0.1) is 0 Å². The lowest BCUT2D eigenvalue weighted by molar-refractivity contribution is -0.133. The monoisotopic (exact) mass is 425 g/mol. The van der Waals surface area contributed by atoms with Crippen LogP contribution in [0.2, 0.25) is 10.0 Å². The number of amides is 1. The maximum atomic E-state index is 12.8. The van der Waals surface area contributed by atoms with Gasteiger partial charge in [-0.05, 0) is 18.9 Å². The number of rotatable bonds is 4. The lowest BCUT2D eigenvalue weighted by Crippen LogP contribution is -2.55. The Kier molecular flexibility index (Phi) is 6.61. The topological polar surface area (TPSA) is 42.9 Å². The van der Waals surface area contributed by atoms with Gasteiger partial charge in [0.1, 0.15) is 5.82 Å². The molecule has 1 aromatic heterocycles. The first-order valence-corrected chi connectivity index (χ1v) is 11.2. The minimum Gasteiger partial charge on any atom is -0.352 e. The molecule has 28 heavy (non-hydrogen) atoms. The van der Waals surface area contributed by atoms with Crippen LogP contribution in [0.1, 0.15) is 25.7 Å². The lowest BCUT2D eigenvalue weighted by Gasteiger charge is -2.39. The summed E-state index contributed by atoms with van der Waals surface area (Å²) in [6.07, 6.45) is 7.09. The van der Waals surface area contributed by atoms with E-state index in [0.29, 0.717) is 29.7 Å². The molecule has 1 aliphatic carbocycles. The number of hydrogen-bond donors (Lipinski definition) is 0. The number of hydrogen-bond acceptors (Lipinski definition) is 5. The maximum absolute atomic E-state index is 12.8. The number of carbonyl (C=O) groups excluding carboxylic acids is 1. The van der Waals surface area contributed by atoms with Gasteiger partial charge in [-0.1, -0.05) is 36.0 Å². The van der Waals surface area contributed by atoms with Crippen molar-refractivity contribution in [2.45, 2.75) is 31.7 Å². The molecule has 0 atom stereocenters. The van der Waals surface area contributed by atoms with Crippen molar-refractivity contribution in [3.05, 3.63) is 22.3 Å². The van der Waals surface area contributed by atoms with E-state index in [4.69, 9.17) is 23.2 Å². The third kappa shape index (κ3) is 4.73. The Morgan fingerprint density at radius 2 is 1.68 bits per heavy atom. The summed E-state index contributed by atoms with van der Waals surface area (Å²) < 4.78 is 0. The molecule has 3 aliphatic rings. The molecule has 1 saturated carbocycles. The van der Waals surface area contributed by atoms with Crippen LogP contribution in [0.25, 0.3) is 0 Å². The van der Waals surface area contributed by atoms with Crippen molar-refractivity contribution in [1.29, 1.82) is 0 Å². The first kappa shape index (κ1) is 20.2. The van der Waals surface area contributed by atoms with Crippen LogP contribution in [-0.4, -0.2) is 90.5 Å². The molecule has 0 bridgehead atoms. The van der Waals surface area contributed by atoms with Crippen LogP contribution in [-0.2, 0) is 4.79 Å². The van der Waals surface area contributed by atoms with E-state index in [1.54, 1.807) is 12.3 Å². The summed E-state index contributed by atoms with van der Waals surface area (Å²) in [4.78, 5) is 26.2. The van der Waals surface area contributed by atoms with Crippen molar-refractivity contribution in [3.63, 3.8) is 0 Å². The van der Waals surface area contributed by atoms with Crippen LogP contribution in [0.5, 0.6) is 0 Å². The normalized spacial score (nSPS) is 22.8. The predicted octanol–water partition coefficient (Wildman–Crippen LogP) is 2.60. The summed E-state index contributed by atoms with van der Waals surface area (Å²) in [5.74, 6) is 0.991. The molecule has 154 valence electrons. The van der Waals surface area contributed by atoms with Gasteiger partial charge in [-0.3, -0.25) is 14.6 Å². The summed E-state index contributed by atoms with van der Waals surface area (Å²) in [6, 6.07) is 2.51. The Morgan fingerprint density at radius 1 is 1.00 bits per heavy atom. The smallest absolute Gasteiger partial charge is 0.236 e. The van der Waals surface area contributed by atoms with Crippen molar-refractivity contribution in [1.82, 2.24) is 19.7 Å². The number of pyridine rings is 1. The third-order valence-corrected chi connectivity index (χ3v) is 6.81. The number of piperazine rings is 2. The summed E-state index contributed by atoms with van der Waals surface area (Å²) in [5, 5.41) is 1.10. The molecule has 4 rings (SSSR count). The van der Waals surface area contributed by atoms with Crippen molar-refractivity contribution >= 4 is 34.9 Å². The summed E-state index contributed by atoms with van der Waals surface area (Å²) >= 11 is 12.2. The Hall–Kier alpha value is -1.08. The maximum Gasteiger partial charge on any atom is 0.236 e. The lowest BCUT2D eigenvalue weighted by atomic mass is 10.2. The van der Waals surface area contributed by atoms with Gasteiger partial charge in [-0.2, -0.15) is 0 Å². The number of halogens is 2. The molecule has 3 heterocycles. The quantitative estimate of drug-likeness (QED) is 0.741. The number of anilines is 1. The van der Waals surface area contributed by atoms with E-state index in [-0.39, 0.29) is 5.91 Å². The van der Waals surface area contributed by atoms with Crippen molar-refractivity contribution < 1.29 is 4.79 Å². The fourth-order valence-corrected chi connectivity index (χ4v) is 5.15. The zero-order chi connectivity index (χ0) is 19.5. The van der Waals surface area contributed by atoms with Gasteiger partial charge in [-0.15, -0.1) is 0 Å². The Labute approximate surface area is 177 Å². The van der Waals surface area contributed by atoms with E-state index >= 15 is 0 Å². The second-order valence-electron chi connectivity index (χ2n) is 8.08. The van der Waals surface area contributed by atoms with Crippen LogP contribution >= 0.6 is 23.2 Å². The molecule has 1 aromatic rings. The van der Waals surface area contributed by atoms with Crippen LogP contribution in [0.3, 0.4) is 0 Å². The average Bonchev–Trinajstić information content (AvgIpc) is 3.24.